The van der Waals surface area contributed by atoms with Crippen LogP contribution in [0, 0.1) is 24.4 Å². The number of aromatic nitrogens is 3. The number of aromatic carboxylic acids is 1. The van der Waals surface area contributed by atoms with E-state index in [1.165, 1.54) is 12.1 Å². The molecule has 0 spiro atoms. The topological polar surface area (TPSA) is 140 Å². The van der Waals surface area contributed by atoms with Gasteiger partial charge in [-0.05, 0) is 73.4 Å². The average molecular weight is 674 g/mol. The van der Waals surface area contributed by atoms with Crippen LogP contribution in [0.4, 0.5) is 13.2 Å². The molecule has 0 atom stereocenters. The summed E-state index contributed by atoms with van der Waals surface area (Å²) in [5.41, 5.74) is 8.33. The maximum absolute atomic E-state index is 15.7. The largest absolute Gasteiger partial charge is 0.478 e. The van der Waals surface area contributed by atoms with Crippen LogP contribution < -0.4 is 21.8 Å². The van der Waals surface area contributed by atoms with E-state index in [-0.39, 0.29) is 53.0 Å². The summed E-state index contributed by atoms with van der Waals surface area (Å²) in [6.45, 7) is 6.17. The van der Waals surface area contributed by atoms with Crippen LogP contribution in [0.5, 0.6) is 5.88 Å². The van der Waals surface area contributed by atoms with Crippen molar-refractivity contribution in [1.82, 2.24) is 36.7 Å². The van der Waals surface area contributed by atoms with Crippen LogP contribution in [-0.2, 0) is 19.6 Å². The molecule has 2 aromatic heterocycles. The highest BCUT2D eigenvalue weighted by Gasteiger charge is 2.49. The predicted octanol–water partition coefficient (Wildman–Crippen LogP) is 7.21. The SMILES string of the molecule is CC.Cc1ccc(COc2cccc(-c3cc(F)c(Cc4nc5ccc(C(=O)O)cc5n4CC4(N5C=CNN5)CC4)cc3F)n2)c(F)c1.N. The van der Waals surface area contributed by atoms with Crippen molar-refractivity contribution < 1.29 is 27.8 Å². The molecule has 0 radical (unpaired) electrons. The fraction of sp³-hybridized carbons (Fsp3) is 0.250. The van der Waals surface area contributed by atoms with E-state index in [0.717, 1.165) is 30.5 Å². The van der Waals surface area contributed by atoms with Crippen LogP contribution in [0.2, 0.25) is 0 Å². The monoisotopic (exact) mass is 673 g/mol. The van der Waals surface area contributed by atoms with Gasteiger partial charge in [-0.15, -0.1) is 5.53 Å². The predicted molar refractivity (Wildman–Crippen MR) is 180 cm³/mol. The molecule has 49 heavy (non-hydrogen) atoms. The maximum Gasteiger partial charge on any atom is 0.335 e. The Balaban J connectivity index is 0.00000153. The van der Waals surface area contributed by atoms with Crippen LogP contribution in [-0.4, -0.2) is 36.2 Å². The minimum atomic E-state index is -1.07. The number of ether oxygens (including phenoxy) is 1. The molecule has 1 aliphatic carbocycles. The first kappa shape index (κ1) is 34.9. The third-order valence-corrected chi connectivity index (χ3v) is 8.43. The number of nitrogens with zero attached hydrogens (tertiary/aromatic N) is 4. The summed E-state index contributed by atoms with van der Waals surface area (Å²) in [7, 11) is 0. The number of carboxylic acids is 1. The van der Waals surface area contributed by atoms with Gasteiger partial charge in [-0.2, -0.15) is 0 Å². The van der Waals surface area contributed by atoms with Crippen LogP contribution >= 0.6 is 0 Å². The van der Waals surface area contributed by atoms with Gasteiger partial charge < -0.3 is 26.0 Å². The molecule has 5 aromatic rings. The Labute approximate surface area is 281 Å². The van der Waals surface area contributed by atoms with Crippen molar-refractivity contribution in [3.63, 3.8) is 0 Å². The minimum absolute atomic E-state index is 0. The summed E-state index contributed by atoms with van der Waals surface area (Å²) >= 11 is 0. The van der Waals surface area contributed by atoms with Gasteiger partial charge in [0.15, 0.2) is 0 Å². The Morgan fingerprint density at radius 3 is 2.43 bits per heavy atom. The first-order chi connectivity index (χ1) is 23.2. The van der Waals surface area contributed by atoms with E-state index in [1.807, 2.05) is 29.6 Å². The zero-order valence-corrected chi connectivity index (χ0v) is 27.4. The summed E-state index contributed by atoms with van der Waals surface area (Å²) in [4.78, 5) is 20.8. The van der Waals surface area contributed by atoms with E-state index < -0.39 is 23.4 Å². The van der Waals surface area contributed by atoms with Gasteiger partial charge in [-0.25, -0.2) is 27.9 Å². The summed E-state index contributed by atoms with van der Waals surface area (Å²) in [6.07, 6.45) is 5.37. The first-order valence-corrected chi connectivity index (χ1v) is 15.7. The molecule has 13 heteroatoms. The molecular weight excluding hydrogens is 635 g/mol. The lowest BCUT2D eigenvalue weighted by molar-refractivity contribution is 0.0697. The summed E-state index contributed by atoms with van der Waals surface area (Å²) in [5, 5.41) is 11.6. The minimum Gasteiger partial charge on any atom is -0.478 e. The highest BCUT2D eigenvalue weighted by molar-refractivity contribution is 5.92. The number of hydrogen-bond acceptors (Lipinski definition) is 8. The third-order valence-electron chi connectivity index (χ3n) is 8.43. The highest BCUT2D eigenvalue weighted by Crippen LogP contribution is 2.44. The van der Waals surface area contributed by atoms with Crippen LogP contribution in [0.3, 0.4) is 0 Å². The van der Waals surface area contributed by atoms with Crippen molar-refractivity contribution in [2.75, 3.05) is 0 Å². The van der Waals surface area contributed by atoms with Crippen LogP contribution in [0.1, 0.15) is 59.6 Å². The van der Waals surface area contributed by atoms with Crippen molar-refractivity contribution in [1.29, 1.82) is 0 Å². The van der Waals surface area contributed by atoms with Gasteiger partial charge in [0.2, 0.25) is 5.88 Å². The van der Waals surface area contributed by atoms with Gasteiger partial charge in [0.05, 0.1) is 27.8 Å². The number of fused-ring (bicyclic) bond motifs is 1. The number of rotatable bonds is 10. The normalized spacial score (nSPS) is 14.1. The number of carboxylic acid groups (broad SMARTS) is 1. The lowest BCUT2D eigenvalue weighted by Gasteiger charge is -2.28. The third kappa shape index (κ3) is 7.22. The lowest BCUT2D eigenvalue weighted by atomic mass is 10.0. The van der Waals surface area contributed by atoms with Gasteiger partial charge in [-0.1, -0.05) is 32.0 Å². The molecule has 3 aromatic carbocycles. The fourth-order valence-electron chi connectivity index (χ4n) is 5.72. The molecule has 6 N–H and O–H groups in total. The Morgan fingerprint density at radius 1 is 0.959 bits per heavy atom. The number of pyridine rings is 1. The first-order valence-electron chi connectivity index (χ1n) is 15.7. The molecule has 2 aliphatic rings. The van der Waals surface area contributed by atoms with E-state index in [0.29, 0.717) is 29.0 Å². The van der Waals surface area contributed by atoms with Crippen LogP contribution in [0.15, 0.2) is 79.1 Å². The fourth-order valence-corrected chi connectivity index (χ4v) is 5.72. The molecule has 1 fully saturated rings. The van der Waals surface area contributed by atoms with Crippen molar-refractivity contribution in [2.45, 2.75) is 58.7 Å². The zero-order chi connectivity index (χ0) is 34.0. The number of nitrogens with one attached hydrogen (secondary N) is 2. The summed E-state index contributed by atoms with van der Waals surface area (Å²) in [5.74, 6) is -2.18. The van der Waals surface area contributed by atoms with Gasteiger partial charge in [-0.3, -0.25) is 5.01 Å². The van der Waals surface area contributed by atoms with Crippen molar-refractivity contribution in [3.05, 3.63) is 125 Å². The Bertz CT molecular complexity index is 2030. The number of hydrogen-bond donors (Lipinski definition) is 4. The van der Waals surface area contributed by atoms with Crippen molar-refractivity contribution >= 4 is 17.0 Å². The van der Waals surface area contributed by atoms with E-state index in [1.54, 1.807) is 55.6 Å². The molecule has 7 rings (SSSR count). The quantitative estimate of drug-likeness (QED) is 0.121. The molecule has 0 bridgehead atoms. The molecule has 0 unspecified atom stereocenters. The van der Waals surface area contributed by atoms with Gasteiger partial charge in [0.25, 0.3) is 0 Å². The second-order valence-electron chi connectivity index (χ2n) is 11.6. The van der Waals surface area contributed by atoms with Crippen LogP contribution in [0.25, 0.3) is 22.3 Å². The highest BCUT2D eigenvalue weighted by atomic mass is 19.1. The number of hydrazine groups is 2. The van der Waals surface area contributed by atoms with Gasteiger partial charge in [0.1, 0.15) is 29.9 Å². The molecule has 256 valence electrons. The molecule has 0 amide bonds. The smallest absolute Gasteiger partial charge is 0.335 e. The molecule has 0 saturated heterocycles. The second-order valence-corrected chi connectivity index (χ2v) is 11.6. The number of benzene rings is 3. The van der Waals surface area contributed by atoms with Gasteiger partial charge in [0, 0.05) is 42.6 Å². The van der Waals surface area contributed by atoms with E-state index in [9.17, 15) is 14.3 Å². The molecule has 1 saturated carbocycles. The van der Waals surface area contributed by atoms with Gasteiger partial charge >= 0.3 is 5.97 Å². The Hall–Kier alpha value is -5.40. The summed E-state index contributed by atoms with van der Waals surface area (Å²) in [6, 6.07) is 16.4. The Morgan fingerprint density at radius 2 is 1.73 bits per heavy atom. The van der Waals surface area contributed by atoms with E-state index >= 15 is 8.78 Å². The van der Waals surface area contributed by atoms with Crippen molar-refractivity contribution in [3.8, 4) is 17.1 Å². The van der Waals surface area contributed by atoms with E-state index in [4.69, 9.17) is 9.72 Å². The standard InChI is InChI=1S/C34H29F3N6O3.C2H6.H3N/c1-20-5-6-22(25(35)13-20)18-46-32-4-2-3-28(40-32)24-17-26(36)23(14-27(24)37)16-31-39-29-8-7-21(33(44)45)15-30(29)42(31)19-34(9-10-34)43-12-11-38-41-43;1-2;/h2-8,11-15,17,38,41H,9-10,16,18-19H2,1H3,(H,44,45);1-2H3;1H3. The molecule has 1 aliphatic heterocycles. The molecule has 10 nitrogen and oxygen atoms in total. The zero-order valence-electron chi connectivity index (χ0n) is 27.4. The number of carbonyl (C=O) groups is 1. The molecular formula is C36H38F3N7O3. The lowest BCUT2D eigenvalue weighted by Crippen LogP contribution is -2.46. The second kappa shape index (κ2) is 14.4. The summed E-state index contributed by atoms with van der Waals surface area (Å²) < 4.78 is 53.1. The molecule has 3 heterocycles. The van der Waals surface area contributed by atoms with Crippen molar-refractivity contribution in [2.24, 2.45) is 0 Å². The number of imidazole rings is 1. The van der Waals surface area contributed by atoms with E-state index in [2.05, 4.69) is 15.9 Å². The number of aryl methyl sites for hydroxylation is 1. The maximum atomic E-state index is 15.7. The average Bonchev–Trinajstić information content (AvgIpc) is 3.48. The Kier molecular flexibility index (Phi) is 10.2. The number of halogens is 3.